The molecule has 1 saturated heterocycles. The van der Waals surface area contributed by atoms with E-state index in [1.807, 2.05) is 0 Å². The van der Waals surface area contributed by atoms with Crippen LogP contribution < -0.4 is 4.74 Å². The second kappa shape index (κ2) is 9.50. The molecule has 12 heteroatoms. The lowest BCUT2D eigenvalue weighted by atomic mass is 10.1. The monoisotopic (exact) mass is 478 g/mol. The minimum absolute atomic E-state index is 0.154. The van der Waals surface area contributed by atoms with Crippen LogP contribution in [0.1, 0.15) is 11.1 Å². The van der Waals surface area contributed by atoms with Crippen LogP contribution in [-0.2, 0) is 11.3 Å². The van der Waals surface area contributed by atoms with Crippen LogP contribution in [0.3, 0.4) is 0 Å². The molecular weight excluding hydrogens is 464 g/mol. The molecule has 34 heavy (non-hydrogen) atoms. The molecule has 0 atom stereocenters. The molecule has 170 valence electrons. The number of hydrogen-bond acceptors (Lipinski definition) is 9. The quantitative estimate of drug-likeness (QED) is 0.262. The number of para-hydroxylation sites is 1. The molecule has 0 bridgehead atoms. The van der Waals surface area contributed by atoms with Crippen LogP contribution in [0, 0.1) is 20.2 Å². The minimum Gasteiger partial charge on any atom is -0.439 e. The second-order valence-electron chi connectivity index (χ2n) is 6.94. The third-order valence-electron chi connectivity index (χ3n) is 4.72. The predicted molar refractivity (Wildman–Crippen MR) is 122 cm³/mol. The summed E-state index contributed by atoms with van der Waals surface area (Å²) in [5, 5.41) is 21.4. The summed E-state index contributed by atoms with van der Waals surface area (Å²) in [5.74, 6) is 0.0565. The van der Waals surface area contributed by atoms with E-state index in [0.29, 0.717) is 11.3 Å². The largest absolute Gasteiger partial charge is 0.439 e. The summed E-state index contributed by atoms with van der Waals surface area (Å²) in [7, 11) is 0. The van der Waals surface area contributed by atoms with Gasteiger partial charge in [0.25, 0.3) is 22.5 Å². The second-order valence-corrected chi connectivity index (χ2v) is 7.93. The molecule has 0 unspecified atom stereocenters. The number of rotatable bonds is 7. The number of ether oxygens (including phenoxy) is 1. The normalized spacial score (nSPS) is 14.5. The number of imide groups is 1. The van der Waals surface area contributed by atoms with Gasteiger partial charge in [-0.3, -0.25) is 34.7 Å². The zero-order chi connectivity index (χ0) is 24.2. The van der Waals surface area contributed by atoms with Gasteiger partial charge >= 0.3 is 0 Å². The number of carbonyl (C=O) groups excluding carboxylic acids is 2. The van der Waals surface area contributed by atoms with Crippen molar-refractivity contribution in [3.05, 3.63) is 103 Å². The Labute approximate surface area is 196 Å². The van der Waals surface area contributed by atoms with Crippen molar-refractivity contribution in [1.82, 2.24) is 9.88 Å². The van der Waals surface area contributed by atoms with Gasteiger partial charge in [-0.05, 0) is 35.5 Å². The Kier molecular flexibility index (Phi) is 6.32. The SMILES string of the molecule is O=C1S/C(=C\c2ccc(Oc3ccc([N+](=O)[O-])cn3)cc2)C(=O)N1Cc1ccccc1[N+](=O)[O-]. The number of benzene rings is 2. The molecule has 4 rings (SSSR count). The summed E-state index contributed by atoms with van der Waals surface area (Å²) in [6, 6.07) is 15.2. The zero-order valence-electron chi connectivity index (χ0n) is 17.2. The van der Waals surface area contributed by atoms with E-state index in [4.69, 9.17) is 4.74 Å². The summed E-state index contributed by atoms with van der Waals surface area (Å²) < 4.78 is 5.55. The predicted octanol–water partition coefficient (Wildman–Crippen LogP) is 4.93. The van der Waals surface area contributed by atoms with Crippen LogP contribution in [-0.4, -0.2) is 30.9 Å². The average molecular weight is 478 g/mol. The Morgan fingerprint density at radius 3 is 2.35 bits per heavy atom. The van der Waals surface area contributed by atoms with Gasteiger partial charge in [0.1, 0.15) is 11.9 Å². The number of aromatic nitrogens is 1. The third-order valence-corrected chi connectivity index (χ3v) is 5.63. The topological polar surface area (TPSA) is 146 Å². The number of amides is 2. The molecule has 0 spiro atoms. The molecule has 2 heterocycles. The molecule has 1 fully saturated rings. The highest BCUT2D eigenvalue weighted by Gasteiger charge is 2.36. The van der Waals surface area contributed by atoms with Crippen molar-refractivity contribution >= 4 is 40.4 Å². The summed E-state index contributed by atoms with van der Waals surface area (Å²) in [5.41, 5.74) is 0.569. The number of hydrogen-bond donors (Lipinski definition) is 0. The third kappa shape index (κ3) is 4.91. The number of nitro groups is 2. The van der Waals surface area contributed by atoms with Crippen molar-refractivity contribution in [1.29, 1.82) is 0 Å². The number of thioether (sulfide) groups is 1. The zero-order valence-corrected chi connectivity index (χ0v) is 18.0. The molecule has 1 aromatic heterocycles. The van der Waals surface area contributed by atoms with E-state index in [2.05, 4.69) is 4.98 Å². The van der Waals surface area contributed by atoms with E-state index in [1.165, 1.54) is 36.4 Å². The molecule has 0 radical (unpaired) electrons. The van der Waals surface area contributed by atoms with Crippen LogP contribution in [0.4, 0.5) is 16.2 Å². The summed E-state index contributed by atoms with van der Waals surface area (Å²) >= 11 is 0.753. The molecule has 2 aromatic carbocycles. The van der Waals surface area contributed by atoms with Crippen molar-refractivity contribution < 1.29 is 24.2 Å². The van der Waals surface area contributed by atoms with Crippen molar-refractivity contribution in [3.8, 4) is 11.6 Å². The molecule has 11 nitrogen and oxygen atoms in total. The smallest absolute Gasteiger partial charge is 0.293 e. The highest BCUT2D eigenvalue weighted by atomic mass is 32.2. The van der Waals surface area contributed by atoms with Crippen LogP contribution in [0.25, 0.3) is 6.08 Å². The lowest BCUT2D eigenvalue weighted by molar-refractivity contribution is -0.385. The van der Waals surface area contributed by atoms with Crippen molar-refractivity contribution in [2.24, 2.45) is 0 Å². The van der Waals surface area contributed by atoms with E-state index in [1.54, 1.807) is 30.3 Å². The Morgan fingerprint density at radius 1 is 0.971 bits per heavy atom. The first-order valence-electron chi connectivity index (χ1n) is 9.68. The van der Waals surface area contributed by atoms with Gasteiger partial charge in [0.05, 0.1) is 21.3 Å². The highest BCUT2D eigenvalue weighted by molar-refractivity contribution is 8.18. The Bertz CT molecular complexity index is 1320. The standard InChI is InChI=1S/C22H14N4O7S/c27-21-19(34-22(28)24(21)13-15-3-1-2-4-18(15)26(31)32)11-14-5-8-17(9-6-14)33-20-10-7-16(12-23-20)25(29)30/h1-12H,13H2/b19-11-. The summed E-state index contributed by atoms with van der Waals surface area (Å²) in [6.07, 6.45) is 2.63. The van der Waals surface area contributed by atoms with Gasteiger partial charge in [-0.2, -0.15) is 0 Å². The number of nitrogens with zero attached hydrogens (tertiary/aromatic N) is 4. The first kappa shape index (κ1) is 22.6. The Balaban J connectivity index is 1.46. The maximum atomic E-state index is 12.8. The minimum atomic E-state index is -0.561. The van der Waals surface area contributed by atoms with E-state index in [9.17, 15) is 29.8 Å². The van der Waals surface area contributed by atoms with Gasteiger partial charge < -0.3 is 4.74 Å². The molecule has 3 aromatic rings. The fourth-order valence-electron chi connectivity index (χ4n) is 3.07. The molecule has 0 N–H and O–H groups in total. The fourth-order valence-corrected chi connectivity index (χ4v) is 3.91. The van der Waals surface area contributed by atoms with Gasteiger partial charge in [0.2, 0.25) is 5.88 Å². The van der Waals surface area contributed by atoms with Crippen LogP contribution in [0.15, 0.2) is 71.8 Å². The van der Waals surface area contributed by atoms with Gasteiger partial charge in [0.15, 0.2) is 0 Å². The first-order valence-corrected chi connectivity index (χ1v) is 10.5. The molecule has 0 saturated carbocycles. The number of carbonyl (C=O) groups is 2. The van der Waals surface area contributed by atoms with E-state index in [-0.39, 0.29) is 34.3 Å². The highest BCUT2D eigenvalue weighted by Crippen LogP contribution is 2.34. The summed E-state index contributed by atoms with van der Waals surface area (Å²) in [6.45, 7) is -0.200. The van der Waals surface area contributed by atoms with Gasteiger partial charge in [0, 0.05) is 23.8 Å². The van der Waals surface area contributed by atoms with Crippen LogP contribution in [0.5, 0.6) is 11.6 Å². The van der Waals surface area contributed by atoms with Crippen molar-refractivity contribution in [3.63, 3.8) is 0 Å². The van der Waals surface area contributed by atoms with Gasteiger partial charge in [-0.15, -0.1) is 0 Å². The maximum absolute atomic E-state index is 12.8. The first-order chi connectivity index (χ1) is 16.3. The lowest BCUT2D eigenvalue weighted by Crippen LogP contribution is -2.27. The van der Waals surface area contributed by atoms with E-state index in [0.717, 1.165) is 22.9 Å². The molecule has 0 aliphatic carbocycles. The van der Waals surface area contributed by atoms with Gasteiger partial charge in [-0.25, -0.2) is 4.98 Å². The van der Waals surface area contributed by atoms with E-state index < -0.39 is 21.0 Å². The molecule has 1 aliphatic heterocycles. The maximum Gasteiger partial charge on any atom is 0.293 e. The van der Waals surface area contributed by atoms with Gasteiger partial charge in [-0.1, -0.05) is 30.3 Å². The molecule has 2 amide bonds. The Morgan fingerprint density at radius 2 is 1.71 bits per heavy atom. The molecule has 1 aliphatic rings. The summed E-state index contributed by atoms with van der Waals surface area (Å²) in [4.78, 5) is 50.9. The Hall–Kier alpha value is -4.58. The van der Waals surface area contributed by atoms with Crippen LogP contribution >= 0.6 is 11.8 Å². The van der Waals surface area contributed by atoms with E-state index >= 15 is 0 Å². The lowest BCUT2D eigenvalue weighted by Gasteiger charge is -2.12. The average Bonchev–Trinajstić information content (AvgIpc) is 3.08. The van der Waals surface area contributed by atoms with Crippen LogP contribution in [0.2, 0.25) is 0 Å². The molecular formula is C22H14N4O7S. The number of pyridine rings is 1. The van der Waals surface area contributed by atoms with Crippen molar-refractivity contribution in [2.45, 2.75) is 6.54 Å². The fraction of sp³-hybridized carbons (Fsp3) is 0.0455. The number of nitro benzene ring substituents is 1. The van der Waals surface area contributed by atoms with Crippen molar-refractivity contribution in [2.75, 3.05) is 0 Å².